The third kappa shape index (κ3) is 11.3. The number of azo groups is 1. The van der Waals surface area contributed by atoms with E-state index in [1.54, 1.807) is 12.1 Å². The summed E-state index contributed by atoms with van der Waals surface area (Å²) in [5.74, 6) is 2.18. The molecule has 2 aromatic heterocycles. The number of nitrogen functional groups attached to an aromatic ring is 1. The fraction of sp³-hybridized carbons (Fsp3) is 0.304. The number of nitrogens with one attached hydrogen (secondary N) is 6. The van der Waals surface area contributed by atoms with Crippen LogP contribution in [0.2, 0.25) is 0 Å². The summed E-state index contributed by atoms with van der Waals surface area (Å²) in [5.41, 5.74) is 36.4. The van der Waals surface area contributed by atoms with E-state index in [4.69, 9.17) is 33.8 Å². The summed E-state index contributed by atoms with van der Waals surface area (Å²) in [6, 6.07) is 16.5. The minimum atomic E-state index is -0.574. The number of rotatable bonds is 19. The lowest BCUT2D eigenvalue weighted by molar-refractivity contribution is 0.205. The molecular formula is C46H53N19O5. The third-order valence-electron chi connectivity index (χ3n) is 11.7. The lowest BCUT2D eigenvalue weighted by Gasteiger charge is -2.25. The van der Waals surface area contributed by atoms with E-state index in [2.05, 4.69) is 66.9 Å². The Morgan fingerprint density at radius 2 is 0.943 bits per heavy atom. The predicted molar refractivity (Wildman–Crippen MR) is 257 cm³/mol. The molecule has 8 amide bonds. The zero-order chi connectivity index (χ0) is 49.3. The van der Waals surface area contributed by atoms with Gasteiger partial charge >= 0.3 is 24.1 Å². The Morgan fingerprint density at radius 1 is 0.529 bits per heavy atom. The number of aromatic nitrogens is 6. The summed E-state index contributed by atoms with van der Waals surface area (Å²) in [6.45, 7) is 0.337. The molecule has 0 unspecified atom stereocenters. The number of imide groups is 2. The first-order chi connectivity index (χ1) is 33.9. The monoisotopic (exact) mass is 951 g/mol. The Labute approximate surface area is 400 Å². The molecule has 2 fully saturated rings. The second-order valence-electron chi connectivity index (χ2n) is 16.5. The van der Waals surface area contributed by atoms with Crippen molar-refractivity contribution < 1.29 is 24.3 Å². The Hall–Kier alpha value is -8.32. The molecule has 6 aromatic rings. The summed E-state index contributed by atoms with van der Waals surface area (Å²) in [4.78, 5) is 74.8. The van der Waals surface area contributed by atoms with Gasteiger partial charge in [-0.05, 0) is 77.8 Å². The first kappa shape index (κ1) is 48.1. The molecule has 0 spiro atoms. The highest BCUT2D eigenvalue weighted by Crippen LogP contribution is 2.45. The van der Waals surface area contributed by atoms with Gasteiger partial charge in [-0.3, -0.25) is 10.6 Å². The zero-order valence-electron chi connectivity index (χ0n) is 38.0. The lowest BCUT2D eigenvalue weighted by Crippen LogP contribution is -2.61. The van der Waals surface area contributed by atoms with E-state index in [0.29, 0.717) is 112 Å². The Balaban J connectivity index is 1.17. The molecule has 0 bridgehead atoms. The first-order valence-corrected chi connectivity index (χ1v) is 22.6. The molecule has 0 saturated carbocycles. The maximum absolute atomic E-state index is 12.1. The Kier molecular flexibility index (Phi) is 15.0. The van der Waals surface area contributed by atoms with E-state index in [0.717, 1.165) is 16.7 Å². The number of urea groups is 4. The van der Waals surface area contributed by atoms with E-state index in [1.807, 2.05) is 48.5 Å². The van der Waals surface area contributed by atoms with E-state index < -0.39 is 36.5 Å². The quantitative estimate of drug-likeness (QED) is 0.0410. The average Bonchev–Trinajstić information content (AvgIpc) is 3.33. The van der Waals surface area contributed by atoms with Crippen LogP contribution in [0.15, 0.2) is 70.9 Å². The smallest absolute Gasteiger partial charge is 0.324 e. The van der Waals surface area contributed by atoms with Crippen molar-refractivity contribution in [1.29, 1.82) is 0 Å². The number of carbonyl (C=O) groups is 4. The third-order valence-corrected chi connectivity index (χ3v) is 11.7. The van der Waals surface area contributed by atoms with Crippen molar-refractivity contribution in [1.82, 2.24) is 61.8 Å². The van der Waals surface area contributed by atoms with Gasteiger partial charge in [-0.25, -0.2) is 49.1 Å². The number of anilines is 1. The molecule has 0 aliphatic carbocycles. The molecular weight excluding hydrogens is 899 g/mol. The van der Waals surface area contributed by atoms with Gasteiger partial charge in [-0.2, -0.15) is 0 Å². The normalized spacial score (nSPS) is 14.3. The minimum Gasteiger partial charge on any atom is -0.505 e. The molecule has 0 radical (unpaired) electrons. The van der Waals surface area contributed by atoms with Crippen LogP contribution in [-0.4, -0.2) is 71.5 Å². The van der Waals surface area contributed by atoms with Crippen LogP contribution in [0.4, 0.5) is 36.2 Å². The first-order valence-electron chi connectivity index (χ1n) is 22.6. The SMILES string of the molecule is NCc1nc(CN)nc(Cc2cccc(Cc3nc(CN)nc(CN)n3)c2N=Nc2ccc3ccc(-c4c(CCCC5NC(=O)NC(=O)N5)cccc4CCCC4NC(=O)NC(=O)N4)c(N)c3c2O)n1. The summed E-state index contributed by atoms with van der Waals surface area (Å²) in [5, 5.41) is 37.8. The molecule has 2 saturated heterocycles. The molecule has 2 aliphatic heterocycles. The topological polar surface area (TPSA) is 393 Å². The van der Waals surface area contributed by atoms with Crippen LogP contribution in [0, 0.1) is 0 Å². The van der Waals surface area contributed by atoms with Gasteiger partial charge in [-0.1, -0.05) is 54.6 Å². The molecule has 4 heterocycles. The van der Waals surface area contributed by atoms with Gasteiger partial charge in [0.2, 0.25) is 0 Å². The molecule has 17 N–H and O–H groups in total. The number of aryl methyl sites for hydroxylation is 2. The number of hydrogen-bond donors (Lipinski definition) is 12. The molecule has 4 aromatic carbocycles. The zero-order valence-corrected chi connectivity index (χ0v) is 38.0. The van der Waals surface area contributed by atoms with E-state index >= 15 is 0 Å². The summed E-state index contributed by atoms with van der Waals surface area (Å²) >= 11 is 0. The molecule has 70 heavy (non-hydrogen) atoms. The minimum absolute atomic E-state index is 0.0843. The van der Waals surface area contributed by atoms with Gasteiger partial charge < -0.3 is 55.0 Å². The van der Waals surface area contributed by atoms with Crippen LogP contribution in [0.1, 0.15) is 82.9 Å². The van der Waals surface area contributed by atoms with Crippen LogP contribution >= 0.6 is 0 Å². The highest BCUT2D eigenvalue weighted by Gasteiger charge is 2.25. The number of nitrogens with two attached hydrogens (primary N) is 5. The van der Waals surface area contributed by atoms with Crippen molar-refractivity contribution >= 4 is 52.0 Å². The van der Waals surface area contributed by atoms with Crippen LogP contribution in [0.5, 0.6) is 5.75 Å². The standard InChI is InChI=1S/C46H53N19O5/c47-19-34-52-32(53-35(20-48)56-34)17-26-9-2-10-27(18-33-54-36(21-49)57-37(22-50)55-33)41(26)65-64-29-16-14-25-13-15-28(40(51)39(25)42(29)66)38-23(7-3-11-30-58-43(67)62-44(68)59-30)5-1-6-24(38)8-4-12-31-60-45(69)63-46(70)61-31/h1-2,5-6,9-10,13-16,30-31,66H,3-4,7-8,11-12,17-22,47-51H2,(H3,58,59,62,67,68)(H3,60,61,63,69,70). The van der Waals surface area contributed by atoms with Crippen molar-refractivity contribution in [2.75, 3.05) is 5.73 Å². The lowest BCUT2D eigenvalue weighted by atomic mass is 9.87. The van der Waals surface area contributed by atoms with E-state index in [1.165, 1.54) is 0 Å². The van der Waals surface area contributed by atoms with Gasteiger partial charge in [0.05, 0.1) is 37.6 Å². The van der Waals surface area contributed by atoms with Crippen LogP contribution in [0.25, 0.3) is 21.9 Å². The Bertz CT molecular complexity index is 2790. The summed E-state index contributed by atoms with van der Waals surface area (Å²) in [7, 11) is 0. The van der Waals surface area contributed by atoms with Gasteiger partial charge in [0.25, 0.3) is 0 Å². The largest absolute Gasteiger partial charge is 0.505 e. The highest BCUT2D eigenvalue weighted by molar-refractivity contribution is 6.06. The number of aromatic hydroxyl groups is 1. The second kappa shape index (κ2) is 21.8. The van der Waals surface area contributed by atoms with Crippen molar-refractivity contribution in [2.45, 2.75) is 89.9 Å². The number of hydrogen-bond acceptors (Lipinski definition) is 18. The second-order valence-corrected chi connectivity index (χ2v) is 16.5. The number of phenolic OH excluding ortho intramolecular Hbond substituents is 1. The number of benzene rings is 4. The van der Waals surface area contributed by atoms with Crippen molar-refractivity contribution in [3.63, 3.8) is 0 Å². The molecule has 362 valence electrons. The molecule has 24 heteroatoms. The van der Waals surface area contributed by atoms with Gasteiger partial charge in [-0.15, -0.1) is 10.2 Å². The number of carbonyl (C=O) groups excluding carboxylic acids is 4. The maximum Gasteiger partial charge on any atom is 0.324 e. The van der Waals surface area contributed by atoms with Crippen molar-refractivity contribution in [3.8, 4) is 16.9 Å². The van der Waals surface area contributed by atoms with E-state index in [-0.39, 0.29) is 50.5 Å². The average molecular weight is 952 g/mol. The fourth-order valence-corrected chi connectivity index (χ4v) is 8.54. The molecule has 0 atom stereocenters. The van der Waals surface area contributed by atoms with Crippen molar-refractivity contribution in [2.24, 2.45) is 33.2 Å². The van der Waals surface area contributed by atoms with E-state index in [9.17, 15) is 24.3 Å². The summed E-state index contributed by atoms with van der Waals surface area (Å²) < 4.78 is 0. The molecule has 8 rings (SSSR count). The van der Waals surface area contributed by atoms with Crippen LogP contribution in [0.3, 0.4) is 0 Å². The molecule has 24 nitrogen and oxygen atoms in total. The summed E-state index contributed by atoms with van der Waals surface area (Å²) in [6.07, 6.45) is 2.41. The number of nitrogens with zero attached hydrogens (tertiary/aromatic N) is 8. The maximum atomic E-state index is 12.1. The number of phenols is 1. The van der Waals surface area contributed by atoms with Crippen LogP contribution < -0.4 is 60.6 Å². The fourth-order valence-electron chi connectivity index (χ4n) is 8.54. The number of amides is 8. The molecule has 2 aliphatic rings. The predicted octanol–water partition coefficient (Wildman–Crippen LogP) is 2.94. The van der Waals surface area contributed by atoms with Gasteiger partial charge in [0.15, 0.2) is 5.75 Å². The Morgan fingerprint density at radius 3 is 1.39 bits per heavy atom. The van der Waals surface area contributed by atoms with Crippen LogP contribution in [-0.2, 0) is 51.9 Å². The highest BCUT2D eigenvalue weighted by atomic mass is 16.3. The number of fused-ring (bicyclic) bond motifs is 1. The van der Waals surface area contributed by atoms with Gasteiger partial charge in [0, 0.05) is 23.8 Å². The van der Waals surface area contributed by atoms with Crippen molar-refractivity contribution in [3.05, 3.63) is 118 Å². The van der Waals surface area contributed by atoms with Gasteiger partial charge in [0.1, 0.15) is 53.0 Å².